The second-order valence-electron chi connectivity index (χ2n) is 7.80. The molecule has 1 atom stereocenters. The number of ether oxygens (including phenoxy) is 3. The van der Waals surface area contributed by atoms with E-state index in [1.807, 2.05) is 39.0 Å². The van der Waals surface area contributed by atoms with E-state index in [1.165, 1.54) is 19.1 Å². The van der Waals surface area contributed by atoms with E-state index in [2.05, 4.69) is 0 Å². The maximum absolute atomic E-state index is 13.1. The van der Waals surface area contributed by atoms with Crippen LogP contribution in [-0.4, -0.2) is 48.6 Å². The van der Waals surface area contributed by atoms with Gasteiger partial charge in [-0.25, -0.2) is 0 Å². The normalized spacial score (nSPS) is 17.7. The lowest BCUT2D eigenvalue weighted by molar-refractivity contribution is -0.139. The highest BCUT2D eigenvalue weighted by Crippen LogP contribution is 2.42. The van der Waals surface area contributed by atoms with Crippen molar-refractivity contribution in [2.45, 2.75) is 39.3 Å². The van der Waals surface area contributed by atoms with Crippen LogP contribution in [0.3, 0.4) is 0 Å². The van der Waals surface area contributed by atoms with Gasteiger partial charge in [0.15, 0.2) is 0 Å². The Hall–Kier alpha value is -3.48. The van der Waals surface area contributed by atoms with Crippen molar-refractivity contribution >= 4 is 17.4 Å². The number of rotatable bonds is 8. The minimum absolute atomic E-state index is 0.0219. The molecule has 0 aromatic heterocycles. The highest BCUT2D eigenvalue weighted by molar-refractivity contribution is 6.46. The number of Topliss-reactive ketones (excluding diaryl/α,β-unsaturated/α-hetero) is 1. The zero-order valence-corrected chi connectivity index (χ0v) is 19.0. The van der Waals surface area contributed by atoms with Crippen LogP contribution in [0.1, 0.15) is 44.4 Å². The van der Waals surface area contributed by atoms with E-state index in [4.69, 9.17) is 14.2 Å². The molecule has 170 valence electrons. The van der Waals surface area contributed by atoms with Gasteiger partial charge < -0.3 is 24.2 Å². The van der Waals surface area contributed by atoms with Gasteiger partial charge >= 0.3 is 0 Å². The number of ketones is 1. The smallest absolute Gasteiger partial charge is 0.295 e. The Balaban J connectivity index is 2.20. The second-order valence-corrected chi connectivity index (χ2v) is 7.80. The van der Waals surface area contributed by atoms with Crippen LogP contribution in [0, 0.1) is 0 Å². The van der Waals surface area contributed by atoms with E-state index >= 15 is 0 Å². The van der Waals surface area contributed by atoms with Gasteiger partial charge in [-0.2, -0.15) is 0 Å². The minimum atomic E-state index is -0.738. The topological polar surface area (TPSA) is 85.3 Å². The van der Waals surface area contributed by atoms with Crippen LogP contribution < -0.4 is 14.2 Å². The molecule has 0 aliphatic carbocycles. The van der Waals surface area contributed by atoms with Gasteiger partial charge in [-0.1, -0.05) is 19.1 Å². The summed E-state index contributed by atoms with van der Waals surface area (Å²) in [4.78, 5) is 27.5. The summed E-state index contributed by atoms with van der Waals surface area (Å²) in [7, 11) is 2.99. The Labute approximate surface area is 188 Å². The molecule has 1 amide bonds. The van der Waals surface area contributed by atoms with Gasteiger partial charge in [-0.05, 0) is 50.1 Å². The number of hydrogen-bond donors (Lipinski definition) is 1. The highest BCUT2D eigenvalue weighted by atomic mass is 16.5. The monoisotopic (exact) mass is 439 g/mol. The molecule has 1 heterocycles. The molecule has 0 radical (unpaired) electrons. The maximum Gasteiger partial charge on any atom is 0.295 e. The molecule has 2 aromatic carbocycles. The third-order valence-electron chi connectivity index (χ3n) is 5.21. The molecule has 1 N–H and O–H groups in total. The van der Waals surface area contributed by atoms with Gasteiger partial charge in [-0.3, -0.25) is 9.59 Å². The van der Waals surface area contributed by atoms with Gasteiger partial charge in [-0.15, -0.1) is 0 Å². The lowest BCUT2D eigenvalue weighted by atomic mass is 9.94. The maximum atomic E-state index is 13.1. The summed E-state index contributed by atoms with van der Waals surface area (Å²) >= 11 is 0. The van der Waals surface area contributed by atoms with E-state index in [0.717, 1.165) is 0 Å². The second kappa shape index (κ2) is 9.77. The first-order valence-corrected chi connectivity index (χ1v) is 10.6. The number of aliphatic hydroxyl groups is 1. The Morgan fingerprint density at radius 2 is 1.81 bits per heavy atom. The van der Waals surface area contributed by atoms with Crippen LogP contribution in [0.25, 0.3) is 5.76 Å². The number of carbonyl (C=O) groups is 2. The van der Waals surface area contributed by atoms with E-state index in [-0.39, 0.29) is 17.4 Å². The first-order valence-electron chi connectivity index (χ1n) is 10.6. The van der Waals surface area contributed by atoms with Crippen molar-refractivity contribution in [3.8, 4) is 17.2 Å². The molecule has 2 aromatic rings. The standard InChI is InChI=1S/C25H29NO6/c1-6-12-26-22(16-8-7-9-18(13-16)32-15(2)3)21(24(28)25(26)29)23(27)19-11-10-17(30-4)14-20(19)31-5/h7-11,13-15,22,27H,6,12H2,1-5H3/b23-21-. The number of methoxy groups -OCH3 is 2. The molecule has 7 heteroatoms. The fraction of sp³-hybridized carbons (Fsp3) is 0.360. The van der Waals surface area contributed by atoms with Gasteiger partial charge in [0.25, 0.3) is 11.7 Å². The number of aliphatic hydroxyl groups excluding tert-OH is 1. The molecule has 0 bridgehead atoms. The quantitative estimate of drug-likeness (QED) is 0.375. The minimum Gasteiger partial charge on any atom is -0.507 e. The van der Waals surface area contributed by atoms with Crippen LogP contribution in [0.15, 0.2) is 48.0 Å². The number of nitrogens with zero attached hydrogens (tertiary/aromatic N) is 1. The molecule has 1 aliphatic heterocycles. The van der Waals surface area contributed by atoms with Crippen LogP contribution in [0.4, 0.5) is 0 Å². The molecule has 0 spiro atoms. The molecule has 32 heavy (non-hydrogen) atoms. The fourth-order valence-corrected chi connectivity index (χ4v) is 3.87. The Morgan fingerprint density at radius 1 is 1.06 bits per heavy atom. The summed E-state index contributed by atoms with van der Waals surface area (Å²) in [5, 5.41) is 11.2. The van der Waals surface area contributed by atoms with Crippen molar-refractivity contribution in [3.63, 3.8) is 0 Å². The van der Waals surface area contributed by atoms with Crippen LogP contribution in [0.5, 0.6) is 17.2 Å². The highest BCUT2D eigenvalue weighted by Gasteiger charge is 2.46. The molecule has 1 fully saturated rings. The molecule has 3 rings (SSSR count). The van der Waals surface area contributed by atoms with Gasteiger partial charge in [0, 0.05) is 12.6 Å². The largest absolute Gasteiger partial charge is 0.507 e. The third kappa shape index (κ3) is 4.42. The van der Waals surface area contributed by atoms with E-state index in [0.29, 0.717) is 41.3 Å². The third-order valence-corrected chi connectivity index (χ3v) is 5.21. The predicted molar refractivity (Wildman–Crippen MR) is 121 cm³/mol. The molecule has 1 unspecified atom stereocenters. The predicted octanol–water partition coefficient (Wildman–Crippen LogP) is 4.32. The summed E-state index contributed by atoms with van der Waals surface area (Å²) in [6.07, 6.45) is 0.633. The van der Waals surface area contributed by atoms with Crippen LogP contribution in [-0.2, 0) is 9.59 Å². The van der Waals surface area contributed by atoms with E-state index < -0.39 is 17.7 Å². The number of carbonyl (C=O) groups excluding carboxylic acids is 2. The summed E-state index contributed by atoms with van der Waals surface area (Å²) < 4.78 is 16.4. The first kappa shape index (κ1) is 23.2. The number of benzene rings is 2. The summed E-state index contributed by atoms with van der Waals surface area (Å²) in [6.45, 7) is 6.15. The van der Waals surface area contributed by atoms with Crippen LogP contribution >= 0.6 is 0 Å². The summed E-state index contributed by atoms with van der Waals surface area (Å²) in [5.41, 5.74) is 1.01. The lowest BCUT2D eigenvalue weighted by Crippen LogP contribution is -2.30. The molecule has 0 saturated carbocycles. The van der Waals surface area contributed by atoms with Crippen molar-refractivity contribution < 1.29 is 28.9 Å². The number of amides is 1. The zero-order chi connectivity index (χ0) is 23.4. The summed E-state index contributed by atoms with van der Waals surface area (Å²) in [5.74, 6) is -0.155. The lowest BCUT2D eigenvalue weighted by Gasteiger charge is -2.25. The van der Waals surface area contributed by atoms with E-state index in [1.54, 1.807) is 24.3 Å². The van der Waals surface area contributed by atoms with E-state index in [9.17, 15) is 14.7 Å². The van der Waals surface area contributed by atoms with Crippen molar-refractivity contribution in [1.82, 2.24) is 4.90 Å². The molecular formula is C25H29NO6. The first-order chi connectivity index (χ1) is 15.3. The van der Waals surface area contributed by atoms with Crippen molar-refractivity contribution in [2.75, 3.05) is 20.8 Å². The van der Waals surface area contributed by atoms with Crippen LogP contribution in [0.2, 0.25) is 0 Å². The van der Waals surface area contributed by atoms with Gasteiger partial charge in [0.05, 0.1) is 37.5 Å². The number of likely N-dealkylation sites (tertiary alicyclic amines) is 1. The van der Waals surface area contributed by atoms with Crippen molar-refractivity contribution in [2.24, 2.45) is 0 Å². The fourth-order valence-electron chi connectivity index (χ4n) is 3.87. The van der Waals surface area contributed by atoms with Crippen molar-refractivity contribution in [1.29, 1.82) is 0 Å². The van der Waals surface area contributed by atoms with Crippen molar-refractivity contribution in [3.05, 3.63) is 59.2 Å². The zero-order valence-electron chi connectivity index (χ0n) is 19.0. The Morgan fingerprint density at radius 3 is 2.44 bits per heavy atom. The van der Waals surface area contributed by atoms with Gasteiger partial charge in [0.1, 0.15) is 23.0 Å². The summed E-state index contributed by atoms with van der Waals surface area (Å²) in [6, 6.07) is 11.4. The average Bonchev–Trinajstić information content (AvgIpc) is 3.03. The Kier molecular flexibility index (Phi) is 7.08. The molecule has 1 saturated heterocycles. The Bertz CT molecular complexity index is 1040. The number of hydrogen-bond acceptors (Lipinski definition) is 6. The molecular weight excluding hydrogens is 410 g/mol. The molecule has 1 aliphatic rings. The molecule has 7 nitrogen and oxygen atoms in total. The average molecular weight is 440 g/mol. The van der Waals surface area contributed by atoms with Gasteiger partial charge in [0.2, 0.25) is 0 Å². The SMILES string of the molecule is CCCN1C(=O)C(=O)/C(=C(\O)c2ccc(OC)cc2OC)C1c1cccc(OC(C)C)c1.